The van der Waals surface area contributed by atoms with Crippen LogP contribution in [0.3, 0.4) is 0 Å². The summed E-state index contributed by atoms with van der Waals surface area (Å²) in [5.74, 6) is -1.04. The van der Waals surface area contributed by atoms with Crippen molar-refractivity contribution in [3.05, 3.63) is 58.5 Å². The van der Waals surface area contributed by atoms with E-state index < -0.39 is 27.7 Å². The van der Waals surface area contributed by atoms with Gasteiger partial charge in [0.25, 0.3) is 10.0 Å². The maximum atomic E-state index is 14.8. The number of urea groups is 1. The molecule has 0 saturated carbocycles. The number of carbonyl (C=O) groups excluding carboxylic acids is 1. The second-order valence-corrected chi connectivity index (χ2v) is 11.4. The fourth-order valence-electron chi connectivity index (χ4n) is 4.96. The summed E-state index contributed by atoms with van der Waals surface area (Å²) < 4.78 is 53.9. The van der Waals surface area contributed by atoms with Crippen molar-refractivity contribution < 1.29 is 22.0 Å². The highest BCUT2D eigenvalue weighted by atomic mass is 32.2. The Kier molecular flexibility index (Phi) is 6.96. The van der Waals surface area contributed by atoms with Crippen molar-refractivity contribution in [2.24, 2.45) is 5.10 Å². The molecule has 1 unspecified atom stereocenters. The Bertz CT molecular complexity index is 1680. The Morgan fingerprint density at radius 3 is 2.50 bits per heavy atom. The molecule has 40 heavy (non-hydrogen) atoms. The number of nitriles is 1. The Balaban J connectivity index is 1.32. The Morgan fingerprint density at radius 2 is 1.85 bits per heavy atom. The number of benzene rings is 1. The molecule has 0 bridgehead atoms. The largest absolute Gasteiger partial charge is 0.341 e. The smallest absolute Gasteiger partial charge is 0.337 e. The van der Waals surface area contributed by atoms with E-state index in [0.717, 1.165) is 22.6 Å². The van der Waals surface area contributed by atoms with Crippen molar-refractivity contribution in [3.8, 4) is 17.3 Å². The number of hydrogen-bond acceptors (Lipinski definition) is 9. The molecule has 1 fully saturated rings. The molecule has 0 N–H and O–H groups in total. The van der Waals surface area contributed by atoms with Crippen LogP contribution in [0.4, 0.5) is 19.5 Å². The van der Waals surface area contributed by atoms with Gasteiger partial charge in [0.05, 0.1) is 41.5 Å². The van der Waals surface area contributed by atoms with Gasteiger partial charge in [-0.15, -0.1) is 0 Å². The Labute approximate surface area is 229 Å². The molecule has 3 aromatic rings. The summed E-state index contributed by atoms with van der Waals surface area (Å²) in [4.78, 5) is 25.3. The summed E-state index contributed by atoms with van der Waals surface area (Å²) in [5, 5.41) is 18.7. The van der Waals surface area contributed by atoms with Crippen LogP contribution in [-0.2, 0) is 10.0 Å². The van der Waals surface area contributed by atoms with Gasteiger partial charge in [-0.2, -0.15) is 19.5 Å². The first kappa shape index (κ1) is 27.1. The molecule has 1 atom stereocenters. The molecule has 5 rings (SSSR count). The molecular formula is C25H25F2N9O3S. The molecule has 0 aliphatic carbocycles. The molecule has 4 heterocycles. The summed E-state index contributed by atoms with van der Waals surface area (Å²) in [6.45, 7) is 4.39. The lowest BCUT2D eigenvalue weighted by molar-refractivity contribution is 0.139. The minimum absolute atomic E-state index is 0.0607. The summed E-state index contributed by atoms with van der Waals surface area (Å²) >= 11 is 0. The first-order valence-electron chi connectivity index (χ1n) is 12.3. The number of anilines is 1. The fraction of sp³-hybridized carbons (Fsp3) is 0.360. The summed E-state index contributed by atoms with van der Waals surface area (Å²) in [6, 6.07) is 5.01. The van der Waals surface area contributed by atoms with Crippen LogP contribution in [0.25, 0.3) is 11.3 Å². The predicted octanol–water partition coefficient (Wildman–Crippen LogP) is 2.59. The van der Waals surface area contributed by atoms with Gasteiger partial charge in [0.15, 0.2) is 5.82 Å². The third-order valence-corrected chi connectivity index (χ3v) is 7.81. The van der Waals surface area contributed by atoms with E-state index in [-0.39, 0.29) is 34.5 Å². The van der Waals surface area contributed by atoms with E-state index in [0.29, 0.717) is 43.9 Å². The first-order chi connectivity index (χ1) is 19.0. The lowest BCUT2D eigenvalue weighted by atomic mass is 10.0. The number of piperazine rings is 1. The van der Waals surface area contributed by atoms with E-state index in [2.05, 4.69) is 20.2 Å². The van der Waals surface area contributed by atoms with Crippen LogP contribution >= 0.6 is 0 Å². The molecule has 1 aromatic carbocycles. The third-order valence-electron chi connectivity index (χ3n) is 6.83. The summed E-state index contributed by atoms with van der Waals surface area (Å²) in [5.41, 5.74) is 1.40. The van der Waals surface area contributed by atoms with Crippen LogP contribution in [0.15, 0.2) is 29.5 Å². The van der Waals surface area contributed by atoms with Crippen molar-refractivity contribution in [1.29, 1.82) is 5.26 Å². The highest BCUT2D eigenvalue weighted by Crippen LogP contribution is 2.32. The lowest BCUT2D eigenvalue weighted by Crippen LogP contribution is -2.52. The van der Waals surface area contributed by atoms with Crippen LogP contribution in [0.2, 0.25) is 0 Å². The zero-order valence-corrected chi connectivity index (χ0v) is 22.7. The second-order valence-electron chi connectivity index (χ2n) is 9.55. The highest BCUT2D eigenvalue weighted by Gasteiger charge is 2.34. The van der Waals surface area contributed by atoms with Crippen LogP contribution in [0.5, 0.6) is 0 Å². The van der Waals surface area contributed by atoms with Crippen LogP contribution in [0.1, 0.15) is 35.0 Å². The number of nitrogens with zero attached hydrogens (tertiary/aromatic N) is 9. The molecule has 1 saturated heterocycles. The van der Waals surface area contributed by atoms with Crippen LogP contribution in [-0.4, -0.2) is 82.2 Å². The number of hydrogen-bond donors (Lipinski definition) is 0. The van der Waals surface area contributed by atoms with Gasteiger partial charge in [-0.05, 0) is 37.6 Å². The fourth-order valence-corrected chi connectivity index (χ4v) is 5.82. The Morgan fingerprint density at radius 1 is 1.12 bits per heavy atom. The van der Waals surface area contributed by atoms with Crippen molar-refractivity contribution in [2.45, 2.75) is 26.3 Å². The Hall–Kier alpha value is -4.45. The molecule has 12 nitrogen and oxygen atoms in total. The van der Waals surface area contributed by atoms with E-state index >= 15 is 0 Å². The highest BCUT2D eigenvalue weighted by molar-refractivity contribution is 7.89. The first-order valence-corrected chi connectivity index (χ1v) is 14.2. The van der Waals surface area contributed by atoms with E-state index in [1.807, 2.05) is 6.07 Å². The maximum Gasteiger partial charge on any atom is 0.341 e. The number of aryl methyl sites for hydroxylation is 1. The van der Waals surface area contributed by atoms with Crippen molar-refractivity contribution in [2.75, 3.05) is 37.3 Å². The molecular weight excluding hydrogens is 544 g/mol. The van der Waals surface area contributed by atoms with Crippen LogP contribution < -0.4 is 4.90 Å². The quantitative estimate of drug-likeness (QED) is 0.467. The second kappa shape index (κ2) is 10.3. The van der Waals surface area contributed by atoms with E-state index in [9.17, 15) is 27.3 Å². The SMILES string of the molecule is Cc1nn(S(C)(=O)=O)c(C)c1-c1nc(N2CCN(C(=O)N3N=CCC3c3cc(F)cc(C#N)c3)CC2)ncc1F. The normalized spacial score (nSPS) is 17.4. The topological polar surface area (TPSA) is 141 Å². The summed E-state index contributed by atoms with van der Waals surface area (Å²) in [7, 11) is -3.69. The van der Waals surface area contributed by atoms with Crippen molar-refractivity contribution in [3.63, 3.8) is 0 Å². The molecule has 2 aromatic heterocycles. The van der Waals surface area contributed by atoms with Gasteiger partial charge in [-0.3, -0.25) is 0 Å². The van der Waals surface area contributed by atoms with E-state index in [1.54, 1.807) is 29.0 Å². The van der Waals surface area contributed by atoms with Gasteiger partial charge in [-0.1, -0.05) is 0 Å². The molecule has 0 radical (unpaired) electrons. The van der Waals surface area contributed by atoms with Crippen LogP contribution in [0, 0.1) is 36.8 Å². The number of amides is 2. The zero-order chi connectivity index (χ0) is 28.8. The van der Waals surface area contributed by atoms with Gasteiger partial charge >= 0.3 is 6.03 Å². The van der Waals surface area contributed by atoms with Gasteiger partial charge in [0.1, 0.15) is 11.5 Å². The van der Waals surface area contributed by atoms with E-state index in [4.69, 9.17) is 0 Å². The number of aromatic nitrogens is 4. The molecule has 2 aliphatic heterocycles. The number of hydrazone groups is 1. The molecule has 2 aliphatic rings. The van der Waals surface area contributed by atoms with Gasteiger partial charge in [0.2, 0.25) is 5.95 Å². The molecule has 0 spiro atoms. The van der Waals surface area contributed by atoms with E-state index in [1.165, 1.54) is 18.0 Å². The molecule has 15 heteroatoms. The predicted molar refractivity (Wildman–Crippen MR) is 141 cm³/mol. The van der Waals surface area contributed by atoms with Crippen molar-refractivity contribution >= 4 is 28.2 Å². The average molecular weight is 570 g/mol. The van der Waals surface area contributed by atoms with Gasteiger partial charge in [0, 0.05) is 44.4 Å². The summed E-state index contributed by atoms with van der Waals surface area (Å²) in [6.07, 6.45) is 4.01. The molecule has 2 amide bonds. The lowest BCUT2D eigenvalue weighted by Gasteiger charge is -2.37. The third kappa shape index (κ3) is 4.97. The van der Waals surface area contributed by atoms with Crippen molar-refractivity contribution in [1.82, 2.24) is 29.1 Å². The molecule has 208 valence electrons. The maximum absolute atomic E-state index is 14.8. The number of halogens is 2. The van der Waals surface area contributed by atoms with Gasteiger partial charge in [-0.25, -0.2) is 37.0 Å². The van der Waals surface area contributed by atoms with Gasteiger partial charge < -0.3 is 9.80 Å². The minimum Gasteiger partial charge on any atom is -0.337 e. The average Bonchev–Trinajstić information content (AvgIpc) is 3.53. The standard InChI is InChI=1S/C25H25F2N9O3S/c1-15-22(16(2)36(32-15)40(3,38)39)23-20(27)14-29-24(31-23)33-6-8-34(9-7-33)25(37)35-21(4-5-30-35)18-10-17(13-28)11-19(26)12-18/h5,10-12,14,21H,4,6-9H2,1-3H3. The number of rotatable bonds is 4. The monoisotopic (exact) mass is 569 g/mol. The minimum atomic E-state index is -3.69. The zero-order valence-electron chi connectivity index (χ0n) is 21.9. The number of carbonyl (C=O) groups is 1.